The van der Waals surface area contributed by atoms with E-state index in [-0.39, 0.29) is 5.56 Å². The lowest BCUT2D eigenvalue weighted by Crippen LogP contribution is -2.32. The Hall–Kier alpha value is -3.58. The number of fused-ring (bicyclic) bond motifs is 1. The first-order valence-corrected chi connectivity index (χ1v) is 10.1. The van der Waals surface area contributed by atoms with E-state index in [0.29, 0.717) is 23.8 Å². The number of nitrogens with zero attached hydrogens (tertiary/aromatic N) is 3. The van der Waals surface area contributed by atoms with Gasteiger partial charge in [-0.2, -0.15) is 0 Å². The van der Waals surface area contributed by atoms with Crippen molar-refractivity contribution >= 4 is 23.3 Å². The summed E-state index contributed by atoms with van der Waals surface area (Å²) in [7, 11) is 3.44. The quantitative estimate of drug-likeness (QED) is 0.503. The third-order valence-corrected chi connectivity index (χ3v) is 5.38. The van der Waals surface area contributed by atoms with Gasteiger partial charge < -0.3 is 14.6 Å². The molecule has 4 rings (SSSR count). The summed E-state index contributed by atoms with van der Waals surface area (Å²) in [5.74, 6) is 0.750. The Balaban J connectivity index is 1.56. The van der Waals surface area contributed by atoms with Gasteiger partial charge >= 0.3 is 0 Å². The maximum Gasteiger partial charge on any atom is 0.271 e. The molecule has 8 heteroatoms. The van der Waals surface area contributed by atoms with Crippen LogP contribution in [0.2, 0.25) is 5.02 Å². The van der Waals surface area contributed by atoms with Gasteiger partial charge in [0.1, 0.15) is 11.3 Å². The molecule has 7 nitrogen and oxygen atoms in total. The van der Waals surface area contributed by atoms with Crippen molar-refractivity contribution in [2.24, 2.45) is 7.05 Å². The molecular weight excluding hydrogens is 416 g/mol. The van der Waals surface area contributed by atoms with E-state index in [1.807, 2.05) is 48.0 Å². The second kappa shape index (κ2) is 8.65. The Morgan fingerprint density at radius 3 is 2.52 bits per heavy atom. The number of amides is 1. The van der Waals surface area contributed by atoms with E-state index in [2.05, 4.69) is 10.3 Å². The number of aromatic nitrogens is 3. The number of hydrogen-bond donors (Lipinski definition) is 1. The Morgan fingerprint density at radius 2 is 1.84 bits per heavy atom. The molecule has 2 heterocycles. The lowest BCUT2D eigenvalue weighted by atomic mass is 10.1. The predicted molar refractivity (Wildman–Crippen MR) is 120 cm³/mol. The Labute approximate surface area is 183 Å². The van der Waals surface area contributed by atoms with Crippen LogP contribution in [0.5, 0.6) is 5.75 Å². The summed E-state index contributed by atoms with van der Waals surface area (Å²) in [5.41, 5.74) is 2.33. The van der Waals surface area contributed by atoms with E-state index in [0.717, 1.165) is 22.6 Å². The minimum Gasteiger partial charge on any atom is -0.497 e. The highest BCUT2D eigenvalue weighted by atomic mass is 35.5. The number of ether oxygens (including phenoxy) is 1. The van der Waals surface area contributed by atoms with Crippen molar-refractivity contribution in [3.8, 4) is 17.0 Å². The number of rotatable bonds is 6. The third-order valence-electron chi connectivity index (χ3n) is 5.13. The van der Waals surface area contributed by atoms with Crippen molar-refractivity contribution in [2.45, 2.75) is 6.42 Å². The Morgan fingerprint density at radius 1 is 1.13 bits per heavy atom. The minimum atomic E-state index is -0.448. The molecule has 0 radical (unpaired) electrons. The smallest absolute Gasteiger partial charge is 0.271 e. The zero-order valence-electron chi connectivity index (χ0n) is 17.1. The molecule has 0 unspecified atom stereocenters. The standard InChI is InChI=1S/C23H21ClN4O3/c1-27-20(16-5-9-18(31-2)10-6-16)14-28-22(30)19(13-26-23(27)28)21(29)25-12-11-15-3-7-17(24)8-4-15/h3-10,13-14H,11-12H2,1-2H3,(H,25,29). The molecule has 31 heavy (non-hydrogen) atoms. The fourth-order valence-electron chi connectivity index (χ4n) is 3.39. The number of methoxy groups -OCH3 is 1. The normalized spacial score (nSPS) is 10.9. The summed E-state index contributed by atoms with van der Waals surface area (Å²) >= 11 is 5.89. The summed E-state index contributed by atoms with van der Waals surface area (Å²) in [5, 5.41) is 3.45. The zero-order valence-corrected chi connectivity index (χ0v) is 17.9. The molecule has 0 aliphatic rings. The molecule has 0 spiro atoms. The summed E-state index contributed by atoms with van der Waals surface area (Å²) in [6.07, 6.45) is 3.65. The SMILES string of the molecule is COc1ccc(-c2cn3c(=O)c(C(=O)NCCc4ccc(Cl)cc4)cnc3n2C)cc1. The molecular formula is C23H21ClN4O3. The van der Waals surface area contributed by atoms with Crippen LogP contribution in [0.25, 0.3) is 17.0 Å². The number of hydrogen-bond acceptors (Lipinski definition) is 4. The van der Waals surface area contributed by atoms with Crippen LogP contribution < -0.4 is 15.6 Å². The zero-order chi connectivity index (χ0) is 22.0. The van der Waals surface area contributed by atoms with Gasteiger partial charge in [-0.1, -0.05) is 23.7 Å². The molecule has 0 aliphatic carbocycles. The second-order valence-corrected chi connectivity index (χ2v) is 7.52. The van der Waals surface area contributed by atoms with Crippen LogP contribution in [0.3, 0.4) is 0 Å². The highest BCUT2D eigenvalue weighted by Gasteiger charge is 2.17. The van der Waals surface area contributed by atoms with E-state index < -0.39 is 11.5 Å². The summed E-state index contributed by atoms with van der Waals surface area (Å²) < 4.78 is 8.40. The van der Waals surface area contributed by atoms with Crippen molar-refractivity contribution in [3.63, 3.8) is 0 Å². The number of carbonyl (C=O) groups excluding carboxylic acids is 1. The first kappa shape index (κ1) is 20.7. The second-order valence-electron chi connectivity index (χ2n) is 7.08. The van der Waals surface area contributed by atoms with Crippen LogP contribution in [-0.4, -0.2) is 33.5 Å². The molecule has 2 aromatic carbocycles. The van der Waals surface area contributed by atoms with Crippen LogP contribution >= 0.6 is 11.6 Å². The fourth-order valence-corrected chi connectivity index (χ4v) is 3.52. The molecule has 0 atom stereocenters. The maximum absolute atomic E-state index is 13.0. The van der Waals surface area contributed by atoms with Crippen molar-refractivity contribution in [3.05, 3.63) is 87.4 Å². The topological polar surface area (TPSA) is 77.6 Å². The monoisotopic (exact) mass is 436 g/mol. The number of imidazole rings is 1. The lowest BCUT2D eigenvalue weighted by molar-refractivity contribution is 0.0952. The summed E-state index contributed by atoms with van der Waals surface area (Å²) in [6.45, 7) is 0.397. The average molecular weight is 437 g/mol. The molecule has 2 aromatic heterocycles. The number of benzene rings is 2. The summed E-state index contributed by atoms with van der Waals surface area (Å²) in [4.78, 5) is 29.9. The molecule has 1 N–H and O–H groups in total. The number of halogens is 1. The van der Waals surface area contributed by atoms with Crippen molar-refractivity contribution < 1.29 is 9.53 Å². The largest absolute Gasteiger partial charge is 0.497 e. The van der Waals surface area contributed by atoms with E-state index in [1.54, 1.807) is 25.4 Å². The van der Waals surface area contributed by atoms with Crippen LogP contribution in [0.4, 0.5) is 0 Å². The van der Waals surface area contributed by atoms with Crippen LogP contribution in [0.15, 0.2) is 65.7 Å². The van der Waals surface area contributed by atoms with Gasteiger partial charge in [0.2, 0.25) is 5.78 Å². The molecule has 4 aromatic rings. The highest BCUT2D eigenvalue weighted by molar-refractivity contribution is 6.30. The predicted octanol–water partition coefficient (Wildman–Crippen LogP) is 3.33. The van der Waals surface area contributed by atoms with Gasteiger partial charge in [-0.3, -0.25) is 14.0 Å². The molecule has 0 saturated carbocycles. The van der Waals surface area contributed by atoms with E-state index in [1.165, 1.54) is 10.6 Å². The maximum atomic E-state index is 13.0. The van der Waals surface area contributed by atoms with E-state index in [4.69, 9.17) is 16.3 Å². The Kier molecular flexibility index (Phi) is 5.77. The van der Waals surface area contributed by atoms with E-state index >= 15 is 0 Å². The van der Waals surface area contributed by atoms with Crippen molar-refractivity contribution in [1.82, 2.24) is 19.3 Å². The molecule has 1 amide bonds. The van der Waals surface area contributed by atoms with Gasteiger partial charge in [0, 0.05) is 36.6 Å². The van der Waals surface area contributed by atoms with Crippen LogP contribution in [0, 0.1) is 0 Å². The number of nitrogens with one attached hydrogen (secondary N) is 1. The molecule has 0 aliphatic heterocycles. The third kappa shape index (κ3) is 4.18. The van der Waals surface area contributed by atoms with Gasteiger partial charge in [-0.25, -0.2) is 4.98 Å². The average Bonchev–Trinajstić information content (AvgIpc) is 3.13. The summed E-state index contributed by atoms with van der Waals surface area (Å²) in [6, 6.07) is 14.9. The van der Waals surface area contributed by atoms with Gasteiger partial charge in [0.05, 0.1) is 12.8 Å². The highest BCUT2D eigenvalue weighted by Crippen LogP contribution is 2.23. The fraction of sp³-hybridized carbons (Fsp3) is 0.174. The number of aryl methyl sites for hydroxylation is 1. The minimum absolute atomic E-state index is 0.000451. The van der Waals surface area contributed by atoms with Crippen molar-refractivity contribution in [1.29, 1.82) is 0 Å². The Bertz CT molecular complexity index is 1290. The van der Waals surface area contributed by atoms with Gasteiger partial charge in [0.15, 0.2) is 0 Å². The molecule has 158 valence electrons. The van der Waals surface area contributed by atoms with E-state index in [9.17, 15) is 9.59 Å². The molecule has 0 fully saturated rings. The van der Waals surface area contributed by atoms with Gasteiger partial charge in [0.25, 0.3) is 11.5 Å². The molecule has 0 bridgehead atoms. The number of carbonyl (C=O) groups is 1. The van der Waals surface area contributed by atoms with Crippen LogP contribution in [-0.2, 0) is 13.5 Å². The first-order valence-electron chi connectivity index (χ1n) is 9.72. The van der Waals surface area contributed by atoms with Crippen LogP contribution in [0.1, 0.15) is 15.9 Å². The molecule has 0 saturated heterocycles. The van der Waals surface area contributed by atoms with Gasteiger partial charge in [-0.15, -0.1) is 0 Å². The van der Waals surface area contributed by atoms with Crippen molar-refractivity contribution in [2.75, 3.05) is 13.7 Å². The lowest BCUT2D eigenvalue weighted by Gasteiger charge is -2.06. The first-order chi connectivity index (χ1) is 15.0. The van der Waals surface area contributed by atoms with Gasteiger partial charge in [-0.05, 0) is 48.4 Å².